The van der Waals surface area contributed by atoms with E-state index in [2.05, 4.69) is 6.92 Å². The zero-order valence-corrected chi connectivity index (χ0v) is 17.1. The lowest BCUT2D eigenvalue weighted by Crippen LogP contribution is -2.38. The Morgan fingerprint density at radius 3 is 2.26 bits per heavy atom. The summed E-state index contributed by atoms with van der Waals surface area (Å²) in [4.78, 5) is 15.0. The summed E-state index contributed by atoms with van der Waals surface area (Å²) in [5.74, 6) is 0.894. The van der Waals surface area contributed by atoms with E-state index in [0.717, 1.165) is 38.5 Å². The maximum absolute atomic E-state index is 13.1. The molecular weight excluding hydrogens is 364 g/mol. The van der Waals surface area contributed by atoms with Crippen molar-refractivity contribution in [2.24, 2.45) is 5.92 Å². The van der Waals surface area contributed by atoms with E-state index >= 15 is 0 Å². The van der Waals surface area contributed by atoms with Gasteiger partial charge < -0.3 is 9.64 Å². The molecule has 2 aliphatic heterocycles. The van der Waals surface area contributed by atoms with E-state index in [1.165, 1.54) is 13.2 Å². The number of carbonyl (C=O) groups is 1. The van der Waals surface area contributed by atoms with Crippen molar-refractivity contribution in [3.05, 3.63) is 23.8 Å². The van der Waals surface area contributed by atoms with Crippen LogP contribution in [0.4, 0.5) is 0 Å². The Hall–Kier alpha value is -1.60. The lowest BCUT2D eigenvalue weighted by molar-refractivity contribution is 0.0693. The van der Waals surface area contributed by atoms with Crippen molar-refractivity contribution < 1.29 is 17.9 Å². The van der Waals surface area contributed by atoms with Gasteiger partial charge >= 0.3 is 0 Å². The molecule has 6 nitrogen and oxygen atoms in total. The molecule has 7 heteroatoms. The fraction of sp³-hybridized carbons (Fsp3) is 0.650. The van der Waals surface area contributed by atoms with Gasteiger partial charge in [-0.1, -0.05) is 19.8 Å². The molecule has 0 aromatic heterocycles. The summed E-state index contributed by atoms with van der Waals surface area (Å²) >= 11 is 0. The van der Waals surface area contributed by atoms with Gasteiger partial charge in [0, 0.05) is 26.2 Å². The van der Waals surface area contributed by atoms with E-state index in [0.29, 0.717) is 43.4 Å². The van der Waals surface area contributed by atoms with E-state index in [-0.39, 0.29) is 10.8 Å². The van der Waals surface area contributed by atoms with Gasteiger partial charge in [-0.2, -0.15) is 4.31 Å². The van der Waals surface area contributed by atoms with Crippen molar-refractivity contribution in [2.45, 2.75) is 50.3 Å². The third-order valence-corrected chi connectivity index (χ3v) is 7.57. The highest BCUT2D eigenvalue weighted by atomic mass is 32.2. The average Bonchev–Trinajstić information content (AvgIpc) is 2.97. The standard InChI is InChI=1S/C20H30N2O4S/c1-16-9-13-21(14-10-16)20(23)18-15-17(7-8-19(18)26-2)27(24,25)22-11-5-3-4-6-12-22/h7-8,15-16H,3-6,9-14H2,1-2H3. The quantitative estimate of drug-likeness (QED) is 0.787. The fourth-order valence-corrected chi connectivity index (χ4v) is 5.37. The molecule has 0 radical (unpaired) electrons. The van der Waals surface area contributed by atoms with Crippen LogP contribution in [0, 0.1) is 5.92 Å². The van der Waals surface area contributed by atoms with E-state index in [1.807, 2.05) is 0 Å². The molecule has 1 aromatic rings. The molecule has 1 aromatic carbocycles. The number of sulfonamides is 1. The molecule has 0 aliphatic carbocycles. The highest BCUT2D eigenvalue weighted by Crippen LogP contribution is 2.28. The molecule has 0 atom stereocenters. The maximum Gasteiger partial charge on any atom is 0.257 e. The molecule has 0 unspecified atom stereocenters. The molecule has 2 aliphatic rings. The van der Waals surface area contributed by atoms with Gasteiger partial charge in [0.15, 0.2) is 0 Å². The van der Waals surface area contributed by atoms with Crippen LogP contribution in [-0.4, -0.2) is 56.8 Å². The Morgan fingerprint density at radius 2 is 1.67 bits per heavy atom. The number of likely N-dealkylation sites (tertiary alicyclic amines) is 1. The summed E-state index contributed by atoms with van der Waals surface area (Å²) < 4.78 is 33.1. The van der Waals surface area contributed by atoms with Gasteiger partial charge in [0.25, 0.3) is 5.91 Å². The highest BCUT2D eigenvalue weighted by molar-refractivity contribution is 7.89. The second kappa shape index (κ2) is 8.61. The third-order valence-electron chi connectivity index (χ3n) is 5.68. The van der Waals surface area contributed by atoms with Gasteiger partial charge in [0.2, 0.25) is 10.0 Å². The van der Waals surface area contributed by atoms with Gasteiger partial charge in [-0.25, -0.2) is 8.42 Å². The Labute approximate surface area is 162 Å². The molecule has 27 heavy (non-hydrogen) atoms. The average molecular weight is 395 g/mol. The van der Waals surface area contributed by atoms with Gasteiger partial charge in [-0.05, 0) is 49.8 Å². The van der Waals surface area contributed by atoms with Crippen LogP contribution in [0.1, 0.15) is 55.8 Å². The molecule has 2 fully saturated rings. The van der Waals surface area contributed by atoms with Crippen molar-refractivity contribution in [3.63, 3.8) is 0 Å². The number of rotatable bonds is 4. The predicted octanol–water partition coefficient (Wildman–Crippen LogP) is 3.13. The molecule has 0 saturated carbocycles. The van der Waals surface area contributed by atoms with Gasteiger partial charge in [-0.15, -0.1) is 0 Å². The van der Waals surface area contributed by atoms with Crippen molar-refractivity contribution in [3.8, 4) is 5.75 Å². The van der Waals surface area contributed by atoms with Crippen LogP contribution in [0.5, 0.6) is 5.75 Å². The van der Waals surface area contributed by atoms with Crippen LogP contribution < -0.4 is 4.74 Å². The van der Waals surface area contributed by atoms with Gasteiger partial charge in [0.05, 0.1) is 17.6 Å². The van der Waals surface area contributed by atoms with Crippen LogP contribution in [0.2, 0.25) is 0 Å². The molecule has 0 N–H and O–H groups in total. The van der Waals surface area contributed by atoms with Crippen molar-refractivity contribution >= 4 is 15.9 Å². The first kappa shape index (κ1) is 20.1. The SMILES string of the molecule is COc1ccc(S(=O)(=O)N2CCCCCC2)cc1C(=O)N1CCC(C)CC1. The number of ether oxygens (including phenoxy) is 1. The number of piperidine rings is 1. The molecule has 0 spiro atoms. The van der Waals surface area contributed by atoms with Gasteiger partial charge in [-0.3, -0.25) is 4.79 Å². The summed E-state index contributed by atoms with van der Waals surface area (Å²) in [7, 11) is -2.09. The lowest BCUT2D eigenvalue weighted by Gasteiger charge is -2.31. The Balaban J connectivity index is 1.89. The van der Waals surface area contributed by atoms with Crippen LogP contribution in [0.3, 0.4) is 0 Å². The smallest absolute Gasteiger partial charge is 0.257 e. The van der Waals surface area contributed by atoms with E-state index in [1.54, 1.807) is 21.3 Å². The summed E-state index contributed by atoms with van der Waals surface area (Å²) in [5.41, 5.74) is 0.336. The van der Waals surface area contributed by atoms with E-state index in [4.69, 9.17) is 4.74 Å². The minimum absolute atomic E-state index is 0.147. The van der Waals surface area contributed by atoms with Crippen molar-refractivity contribution in [1.82, 2.24) is 9.21 Å². The molecule has 2 saturated heterocycles. The van der Waals surface area contributed by atoms with Crippen LogP contribution in [-0.2, 0) is 10.0 Å². The Bertz CT molecular complexity index is 762. The number of amides is 1. The minimum Gasteiger partial charge on any atom is -0.496 e. The zero-order chi connectivity index (χ0) is 19.4. The summed E-state index contributed by atoms with van der Waals surface area (Å²) in [6, 6.07) is 4.65. The molecule has 3 rings (SSSR count). The van der Waals surface area contributed by atoms with Crippen LogP contribution in [0.25, 0.3) is 0 Å². The second-order valence-electron chi connectivity index (χ2n) is 7.66. The Kier molecular flexibility index (Phi) is 6.42. The number of nitrogens with zero attached hydrogens (tertiary/aromatic N) is 2. The zero-order valence-electron chi connectivity index (χ0n) is 16.3. The second-order valence-corrected chi connectivity index (χ2v) is 9.59. The lowest BCUT2D eigenvalue weighted by atomic mass is 9.98. The number of carbonyl (C=O) groups excluding carboxylic acids is 1. The third kappa shape index (κ3) is 4.46. The largest absolute Gasteiger partial charge is 0.496 e. The van der Waals surface area contributed by atoms with E-state index in [9.17, 15) is 13.2 Å². The van der Waals surface area contributed by atoms with Gasteiger partial charge in [0.1, 0.15) is 5.75 Å². The number of hydrogen-bond acceptors (Lipinski definition) is 4. The maximum atomic E-state index is 13.1. The molecule has 2 heterocycles. The number of benzene rings is 1. The number of methoxy groups -OCH3 is 1. The molecule has 0 bridgehead atoms. The monoisotopic (exact) mass is 394 g/mol. The molecular formula is C20H30N2O4S. The number of hydrogen-bond donors (Lipinski definition) is 0. The summed E-state index contributed by atoms with van der Waals surface area (Å²) in [5, 5.41) is 0. The van der Waals surface area contributed by atoms with E-state index < -0.39 is 10.0 Å². The topological polar surface area (TPSA) is 66.9 Å². The summed E-state index contributed by atoms with van der Waals surface area (Å²) in [6.45, 7) is 4.68. The summed E-state index contributed by atoms with van der Waals surface area (Å²) in [6.07, 6.45) is 5.83. The van der Waals surface area contributed by atoms with Crippen molar-refractivity contribution in [2.75, 3.05) is 33.3 Å². The molecule has 150 valence electrons. The first-order valence-corrected chi connectivity index (χ1v) is 11.3. The Morgan fingerprint density at radius 1 is 1.04 bits per heavy atom. The minimum atomic E-state index is -3.60. The highest BCUT2D eigenvalue weighted by Gasteiger charge is 2.29. The van der Waals surface area contributed by atoms with Crippen molar-refractivity contribution in [1.29, 1.82) is 0 Å². The van der Waals surface area contributed by atoms with Crippen LogP contribution >= 0.6 is 0 Å². The van der Waals surface area contributed by atoms with Crippen LogP contribution in [0.15, 0.2) is 23.1 Å². The molecule has 1 amide bonds. The first-order chi connectivity index (χ1) is 12.9. The first-order valence-electron chi connectivity index (χ1n) is 9.91. The normalized spacial score (nSPS) is 20.3. The fourth-order valence-electron chi connectivity index (χ4n) is 3.83. The predicted molar refractivity (Wildman–Crippen MR) is 105 cm³/mol.